The van der Waals surface area contributed by atoms with Gasteiger partial charge in [0.05, 0.1) is 0 Å². The number of rotatable bonds is 7. The van der Waals surface area contributed by atoms with Crippen LogP contribution in [-0.4, -0.2) is 43.1 Å². The molecule has 126 valence electrons. The summed E-state index contributed by atoms with van der Waals surface area (Å²) in [6.07, 6.45) is 3.50. The number of likely N-dealkylation sites (N-methyl/N-ethyl adjacent to an activating group) is 1. The Morgan fingerprint density at radius 2 is 1.62 bits per heavy atom. The minimum absolute atomic E-state index is 0.121. The van der Waals surface area contributed by atoms with Crippen molar-refractivity contribution in [1.29, 1.82) is 0 Å². The van der Waals surface area contributed by atoms with Gasteiger partial charge in [0.2, 0.25) is 10.0 Å². The van der Waals surface area contributed by atoms with E-state index < -0.39 is 21.7 Å². The third-order valence-corrected chi connectivity index (χ3v) is 5.18. The summed E-state index contributed by atoms with van der Waals surface area (Å²) in [5.41, 5.74) is 3.18. The van der Waals surface area contributed by atoms with E-state index in [0.717, 1.165) is 21.0 Å². The highest BCUT2D eigenvalue weighted by Gasteiger charge is 2.20. The molecule has 0 heterocycles. The Morgan fingerprint density at radius 1 is 1.04 bits per heavy atom. The van der Waals surface area contributed by atoms with Gasteiger partial charge in [0, 0.05) is 13.6 Å². The van der Waals surface area contributed by atoms with Crippen LogP contribution in [0.2, 0.25) is 0 Å². The Balaban J connectivity index is 1.99. The number of nitrogens with zero attached hydrogens (tertiary/aromatic N) is 1. The number of hydrogen-bond donors (Lipinski definition) is 1. The van der Waals surface area contributed by atoms with Crippen LogP contribution < -0.4 is 0 Å². The summed E-state index contributed by atoms with van der Waals surface area (Å²) in [7, 11) is -2.41. The van der Waals surface area contributed by atoms with Gasteiger partial charge in [0.25, 0.3) is 0 Å². The fourth-order valence-electron chi connectivity index (χ4n) is 2.13. The van der Waals surface area contributed by atoms with Gasteiger partial charge < -0.3 is 5.11 Å². The van der Waals surface area contributed by atoms with Crippen molar-refractivity contribution in [3.05, 3.63) is 66.2 Å². The van der Waals surface area contributed by atoms with Crippen molar-refractivity contribution in [2.24, 2.45) is 0 Å². The summed E-state index contributed by atoms with van der Waals surface area (Å²) in [4.78, 5) is 10.5. The highest BCUT2D eigenvalue weighted by Crippen LogP contribution is 2.19. The lowest BCUT2D eigenvalue weighted by Crippen LogP contribution is -2.32. The lowest BCUT2D eigenvalue weighted by Gasteiger charge is -2.13. The molecule has 0 aliphatic carbocycles. The Morgan fingerprint density at radius 3 is 2.21 bits per heavy atom. The second-order valence-electron chi connectivity index (χ2n) is 5.32. The van der Waals surface area contributed by atoms with Crippen molar-refractivity contribution in [3.63, 3.8) is 0 Å². The quantitative estimate of drug-likeness (QED) is 0.837. The Hall–Kier alpha value is -2.44. The summed E-state index contributed by atoms with van der Waals surface area (Å²) in [6.45, 7) is 0.121. The maximum atomic E-state index is 11.7. The predicted octanol–water partition coefficient (Wildman–Crippen LogP) is 2.71. The highest BCUT2D eigenvalue weighted by atomic mass is 32.2. The van der Waals surface area contributed by atoms with E-state index in [2.05, 4.69) is 0 Å². The van der Waals surface area contributed by atoms with Gasteiger partial charge in [-0.15, -0.1) is 0 Å². The molecule has 6 heteroatoms. The molecule has 0 fully saturated rings. The second-order valence-corrected chi connectivity index (χ2v) is 7.40. The first-order valence-corrected chi connectivity index (χ1v) is 8.97. The van der Waals surface area contributed by atoms with E-state index in [0.29, 0.717) is 0 Å². The molecular formula is C18H19NO4S. The average Bonchev–Trinajstić information content (AvgIpc) is 2.55. The molecule has 0 radical (unpaired) electrons. The van der Waals surface area contributed by atoms with Gasteiger partial charge in [-0.05, 0) is 16.7 Å². The first-order valence-electron chi connectivity index (χ1n) is 7.36. The fourth-order valence-corrected chi connectivity index (χ4v) is 2.98. The van der Waals surface area contributed by atoms with Crippen molar-refractivity contribution in [1.82, 2.24) is 4.31 Å². The summed E-state index contributed by atoms with van der Waals surface area (Å²) in [5, 5.41) is 8.60. The molecule has 0 spiro atoms. The van der Waals surface area contributed by atoms with E-state index >= 15 is 0 Å². The predicted molar refractivity (Wildman–Crippen MR) is 95.0 cm³/mol. The molecule has 0 saturated heterocycles. The zero-order valence-corrected chi connectivity index (χ0v) is 14.1. The van der Waals surface area contributed by atoms with Gasteiger partial charge in [-0.2, -0.15) is 0 Å². The van der Waals surface area contributed by atoms with Crippen LogP contribution in [0.5, 0.6) is 0 Å². The van der Waals surface area contributed by atoms with Crippen molar-refractivity contribution in [3.8, 4) is 11.1 Å². The Labute approximate surface area is 141 Å². The van der Waals surface area contributed by atoms with Gasteiger partial charge in [0.1, 0.15) is 0 Å². The molecule has 0 amide bonds. The van der Waals surface area contributed by atoms with Crippen molar-refractivity contribution < 1.29 is 18.3 Å². The van der Waals surface area contributed by atoms with E-state index in [4.69, 9.17) is 5.11 Å². The van der Waals surface area contributed by atoms with Crippen LogP contribution in [0.25, 0.3) is 17.2 Å². The molecule has 1 N–H and O–H groups in total. The first kappa shape index (κ1) is 17.9. The van der Waals surface area contributed by atoms with Crippen LogP contribution in [0, 0.1) is 0 Å². The first-order chi connectivity index (χ1) is 11.4. The van der Waals surface area contributed by atoms with Gasteiger partial charge in [-0.25, -0.2) is 12.7 Å². The normalized spacial score (nSPS) is 11.9. The lowest BCUT2D eigenvalue weighted by atomic mass is 10.0. The fraction of sp³-hybridized carbons (Fsp3) is 0.167. The molecule has 0 unspecified atom stereocenters. The molecule has 2 rings (SSSR count). The van der Waals surface area contributed by atoms with E-state index in [-0.39, 0.29) is 6.54 Å². The third kappa shape index (κ3) is 5.04. The van der Waals surface area contributed by atoms with Crippen molar-refractivity contribution >= 4 is 22.1 Å². The monoisotopic (exact) mass is 345 g/mol. The summed E-state index contributed by atoms with van der Waals surface area (Å²) in [6, 6.07) is 17.9. The van der Waals surface area contributed by atoms with E-state index in [1.165, 1.54) is 7.05 Å². The number of hydrogen-bond acceptors (Lipinski definition) is 3. The molecule has 2 aromatic rings. The van der Waals surface area contributed by atoms with Crippen LogP contribution in [0.3, 0.4) is 0 Å². The minimum Gasteiger partial charge on any atom is -0.480 e. The van der Waals surface area contributed by atoms with Crippen LogP contribution in [0.1, 0.15) is 5.56 Å². The van der Waals surface area contributed by atoms with Crippen LogP contribution in [-0.2, 0) is 14.8 Å². The van der Waals surface area contributed by atoms with E-state index in [9.17, 15) is 13.2 Å². The molecule has 5 nitrogen and oxygen atoms in total. The van der Waals surface area contributed by atoms with Gasteiger partial charge in [0.15, 0.2) is 5.75 Å². The van der Waals surface area contributed by atoms with Gasteiger partial charge in [-0.3, -0.25) is 4.79 Å². The number of carboxylic acid groups (broad SMARTS) is 1. The molecule has 0 saturated carbocycles. The van der Waals surface area contributed by atoms with Crippen LogP contribution >= 0.6 is 0 Å². The maximum absolute atomic E-state index is 11.7. The smallest absolute Gasteiger partial charge is 0.320 e. The summed E-state index contributed by atoms with van der Waals surface area (Å²) in [5.74, 6) is -2.26. The summed E-state index contributed by atoms with van der Waals surface area (Å²) >= 11 is 0. The minimum atomic E-state index is -3.77. The van der Waals surface area contributed by atoms with Gasteiger partial charge in [-0.1, -0.05) is 66.7 Å². The average molecular weight is 345 g/mol. The number of carboxylic acids is 1. The number of benzene rings is 2. The summed E-state index contributed by atoms with van der Waals surface area (Å²) < 4.78 is 24.4. The molecular weight excluding hydrogens is 326 g/mol. The molecule has 0 aliphatic heterocycles. The SMILES string of the molecule is CN(CC=Cc1ccc(-c2ccccc2)cc1)S(=O)(=O)CC(=O)O. The zero-order chi connectivity index (χ0) is 17.6. The molecule has 0 aliphatic rings. The largest absolute Gasteiger partial charge is 0.480 e. The van der Waals surface area contributed by atoms with Crippen LogP contribution in [0.4, 0.5) is 0 Å². The second kappa shape index (κ2) is 7.90. The standard InChI is InChI=1S/C18H19NO4S/c1-19(24(22,23)14-18(20)21)13-5-6-15-9-11-17(12-10-15)16-7-3-2-4-8-16/h2-12H,13-14H2,1H3,(H,20,21). The molecule has 0 bridgehead atoms. The number of carbonyl (C=O) groups is 1. The van der Waals surface area contributed by atoms with Gasteiger partial charge >= 0.3 is 5.97 Å². The number of aliphatic carboxylic acids is 1. The van der Waals surface area contributed by atoms with E-state index in [1.807, 2.05) is 60.7 Å². The van der Waals surface area contributed by atoms with Crippen molar-refractivity contribution in [2.75, 3.05) is 19.3 Å². The maximum Gasteiger partial charge on any atom is 0.320 e. The Bertz CT molecular complexity index is 812. The Kier molecular flexibility index (Phi) is 5.89. The lowest BCUT2D eigenvalue weighted by molar-refractivity contribution is -0.134. The van der Waals surface area contributed by atoms with Crippen LogP contribution in [0.15, 0.2) is 60.7 Å². The third-order valence-electron chi connectivity index (χ3n) is 3.47. The topological polar surface area (TPSA) is 74.7 Å². The zero-order valence-electron chi connectivity index (χ0n) is 13.3. The molecule has 0 aromatic heterocycles. The molecule has 24 heavy (non-hydrogen) atoms. The molecule has 0 atom stereocenters. The molecule has 2 aromatic carbocycles. The van der Waals surface area contributed by atoms with Crippen molar-refractivity contribution in [2.45, 2.75) is 0 Å². The number of sulfonamides is 1. The van der Waals surface area contributed by atoms with E-state index in [1.54, 1.807) is 6.08 Å². The highest BCUT2D eigenvalue weighted by molar-refractivity contribution is 7.89.